The Morgan fingerprint density at radius 1 is 1.12 bits per heavy atom. The van der Waals surface area contributed by atoms with Crippen LogP contribution in [0.2, 0.25) is 0 Å². The lowest BCUT2D eigenvalue weighted by atomic mass is 10.1. The van der Waals surface area contributed by atoms with Gasteiger partial charge in [0.1, 0.15) is 18.3 Å². The summed E-state index contributed by atoms with van der Waals surface area (Å²) in [7, 11) is 0. The van der Waals surface area contributed by atoms with Crippen molar-refractivity contribution in [2.75, 3.05) is 11.9 Å². The molecule has 4 atom stereocenters. The standard InChI is InChI=1S/C18H27N3O5/c1-10(2)20-15(22)8-13-16(23)17(24)14(26-13)9-19-18(25)21-12-6-4-11(3)5-7-12/h4-7,10,13-14,16-17,23-24H,8-9H2,1-3H3,(H,20,22)(H2,19,21,25)/t13-,14+,16-,17+/m0/s1. The van der Waals surface area contributed by atoms with Crippen molar-refractivity contribution in [1.29, 1.82) is 0 Å². The van der Waals surface area contributed by atoms with Crippen LogP contribution in [0.1, 0.15) is 25.8 Å². The van der Waals surface area contributed by atoms with Crippen LogP contribution in [0.15, 0.2) is 24.3 Å². The molecule has 2 rings (SSSR count). The van der Waals surface area contributed by atoms with Crippen LogP contribution in [0.4, 0.5) is 10.5 Å². The van der Waals surface area contributed by atoms with Crippen molar-refractivity contribution < 1.29 is 24.5 Å². The number of benzene rings is 1. The van der Waals surface area contributed by atoms with Gasteiger partial charge in [0.2, 0.25) is 5.91 Å². The molecule has 0 spiro atoms. The molecule has 0 radical (unpaired) electrons. The number of carbonyl (C=O) groups is 2. The molecule has 1 fully saturated rings. The Kier molecular flexibility index (Phi) is 6.96. The van der Waals surface area contributed by atoms with Gasteiger partial charge in [-0.05, 0) is 32.9 Å². The summed E-state index contributed by atoms with van der Waals surface area (Å²) < 4.78 is 5.55. The van der Waals surface area contributed by atoms with E-state index in [0.717, 1.165) is 5.56 Å². The fourth-order valence-corrected chi connectivity index (χ4v) is 2.73. The number of ether oxygens (including phenoxy) is 1. The summed E-state index contributed by atoms with van der Waals surface area (Å²) in [6, 6.07) is 6.85. The number of aryl methyl sites for hydroxylation is 1. The highest BCUT2D eigenvalue weighted by atomic mass is 16.5. The van der Waals surface area contributed by atoms with Gasteiger partial charge in [-0.1, -0.05) is 17.7 Å². The van der Waals surface area contributed by atoms with Crippen LogP contribution in [0.25, 0.3) is 0 Å². The van der Waals surface area contributed by atoms with Crippen molar-refractivity contribution in [3.05, 3.63) is 29.8 Å². The Hall–Kier alpha value is -2.16. The Morgan fingerprint density at radius 2 is 1.73 bits per heavy atom. The Balaban J connectivity index is 1.80. The molecule has 3 amide bonds. The number of aliphatic hydroxyl groups excluding tert-OH is 2. The number of nitrogens with one attached hydrogen (secondary N) is 3. The number of hydrogen-bond acceptors (Lipinski definition) is 5. The predicted molar refractivity (Wildman–Crippen MR) is 96.8 cm³/mol. The molecule has 0 bridgehead atoms. The van der Waals surface area contributed by atoms with Gasteiger partial charge in [0.05, 0.1) is 12.5 Å². The quantitative estimate of drug-likeness (QED) is 0.503. The highest BCUT2D eigenvalue weighted by Gasteiger charge is 2.43. The van der Waals surface area contributed by atoms with E-state index in [1.807, 2.05) is 32.9 Å². The van der Waals surface area contributed by atoms with Gasteiger partial charge in [-0.25, -0.2) is 4.79 Å². The minimum atomic E-state index is -1.18. The summed E-state index contributed by atoms with van der Waals surface area (Å²) >= 11 is 0. The fourth-order valence-electron chi connectivity index (χ4n) is 2.73. The lowest BCUT2D eigenvalue weighted by Gasteiger charge is -2.16. The predicted octanol–water partition coefficient (Wildman–Crippen LogP) is 0.520. The zero-order valence-corrected chi connectivity index (χ0v) is 15.2. The Labute approximate surface area is 152 Å². The molecule has 144 valence electrons. The second kappa shape index (κ2) is 8.98. The number of aliphatic hydroxyl groups is 2. The van der Waals surface area contributed by atoms with E-state index in [2.05, 4.69) is 16.0 Å². The highest BCUT2D eigenvalue weighted by Crippen LogP contribution is 2.23. The van der Waals surface area contributed by atoms with E-state index in [0.29, 0.717) is 5.69 Å². The largest absolute Gasteiger partial charge is 0.388 e. The third-order valence-electron chi connectivity index (χ3n) is 4.07. The number of urea groups is 1. The summed E-state index contributed by atoms with van der Waals surface area (Å²) in [4.78, 5) is 23.7. The molecule has 8 heteroatoms. The topological polar surface area (TPSA) is 120 Å². The van der Waals surface area contributed by atoms with Crippen molar-refractivity contribution in [3.63, 3.8) is 0 Å². The smallest absolute Gasteiger partial charge is 0.319 e. The lowest BCUT2D eigenvalue weighted by Crippen LogP contribution is -2.41. The van der Waals surface area contributed by atoms with E-state index in [1.165, 1.54) is 0 Å². The van der Waals surface area contributed by atoms with Crippen LogP contribution in [0, 0.1) is 6.92 Å². The first-order valence-electron chi connectivity index (χ1n) is 8.68. The van der Waals surface area contributed by atoms with E-state index >= 15 is 0 Å². The average molecular weight is 365 g/mol. The van der Waals surface area contributed by atoms with Gasteiger partial charge >= 0.3 is 6.03 Å². The van der Waals surface area contributed by atoms with E-state index in [1.54, 1.807) is 12.1 Å². The van der Waals surface area contributed by atoms with Crippen molar-refractivity contribution in [2.45, 2.75) is 57.6 Å². The molecule has 1 aliphatic heterocycles. The van der Waals surface area contributed by atoms with Gasteiger partial charge in [-0.3, -0.25) is 4.79 Å². The molecular weight excluding hydrogens is 338 g/mol. The molecule has 1 saturated heterocycles. The second-order valence-corrected chi connectivity index (χ2v) is 6.82. The molecule has 8 nitrogen and oxygen atoms in total. The van der Waals surface area contributed by atoms with Gasteiger partial charge in [0.25, 0.3) is 0 Å². The molecule has 5 N–H and O–H groups in total. The first kappa shape index (κ1) is 20.2. The van der Waals surface area contributed by atoms with Gasteiger partial charge in [-0.2, -0.15) is 0 Å². The third kappa shape index (κ3) is 5.69. The molecule has 1 aliphatic rings. The lowest BCUT2D eigenvalue weighted by molar-refractivity contribution is -0.125. The molecule has 26 heavy (non-hydrogen) atoms. The molecule has 0 aliphatic carbocycles. The van der Waals surface area contributed by atoms with Gasteiger partial charge in [-0.15, -0.1) is 0 Å². The zero-order valence-electron chi connectivity index (χ0n) is 15.2. The van der Waals surface area contributed by atoms with Crippen LogP contribution in [0.3, 0.4) is 0 Å². The Bertz CT molecular complexity index is 620. The fraction of sp³-hybridized carbons (Fsp3) is 0.556. The normalized spacial score (nSPS) is 25.2. The van der Waals surface area contributed by atoms with Crippen LogP contribution >= 0.6 is 0 Å². The van der Waals surface area contributed by atoms with Crippen molar-refractivity contribution >= 4 is 17.6 Å². The summed E-state index contributed by atoms with van der Waals surface area (Å²) in [6.45, 7) is 5.63. The van der Waals surface area contributed by atoms with E-state index in [9.17, 15) is 19.8 Å². The molecule has 0 unspecified atom stereocenters. The maximum atomic E-state index is 11.9. The van der Waals surface area contributed by atoms with Crippen LogP contribution in [-0.2, 0) is 9.53 Å². The molecule has 1 heterocycles. The monoisotopic (exact) mass is 365 g/mol. The second-order valence-electron chi connectivity index (χ2n) is 6.82. The minimum Gasteiger partial charge on any atom is -0.388 e. The van der Waals surface area contributed by atoms with Crippen molar-refractivity contribution in [2.24, 2.45) is 0 Å². The number of amides is 3. The maximum Gasteiger partial charge on any atom is 0.319 e. The third-order valence-corrected chi connectivity index (χ3v) is 4.07. The van der Waals surface area contributed by atoms with Gasteiger partial charge in [0.15, 0.2) is 0 Å². The van der Waals surface area contributed by atoms with Gasteiger partial charge < -0.3 is 30.9 Å². The molecule has 0 saturated carbocycles. The number of hydrogen-bond donors (Lipinski definition) is 5. The molecule has 1 aromatic carbocycles. The van der Waals surface area contributed by atoms with Crippen molar-refractivity contribution in [3.8, 4) is 0 Å². The summed E-state index contributed by atoms with van der Waals surface area (Å²) in [5.41, 5.74) is 1.73. The minimum absolute atomic E-state index is 0.0121. The molecule has 1 aromatic rings. The molecular formula is C18H27N3O5. The number of carbonyl (C=O) groups excluding carboxylic acids is 2. The van der Waals surface area contributed by atoms with Crippen molar-refractivity contribution in [1.82, 2.24) is 10.6 Å². The average Bonchev–Trinajstić information content (AvgIpc) is 2.82. The first-order chi connectivity index (χ1) is 12.3. The maximum absolute atomic E-state index is 11.9. The first-order valence-corrected chi connectivity index (χ1v) is 8.68. The van der Waals surface area contributed by atoms with Crippen LogP contribution in [-0.4, -0.2) is 59.2 Å². The van der Waals surface area contributed by atoms with E-state index in [-0.39, 0.29) is 24.9 Å². The van der Waals surface area contributed by atoms with Crippen LogP contribution in [0.5, 0.6) is 0 Å². The van der Waals surface area contributed by atoms with Gasteiger partial charge in [0, 0.05) is 18.3 Å². The summed E-state index contributed by atoms with van der Waals surface area (Å²) in [5, 5.41) is 28.1. The van der Waals surface area contributed by atoms with E-state index in [4.69, 9.17) is 4.74 Å². The molecule has 0 aromatic heterocycles. The highest BCUT2D eigenvalue weighted by molar-refractivity contribution is 5.89. The Morgan fingerprint density at radius 3 is 2.35 bits per heavy atom. The summed E-state index contributed by atoms with van der Waals surface area (Å²) in [6.07, 6.45) is -4.00. The van der Waals surface area contributed by atoms with E-state index < -0.39 is 30.4 Å². The number of anilines is 1. The SMILES string of the molecule is Cc1ccc(NC(=O)NC[C@H]2O[C@@H](CC(=O)NC(C)C)[C@H](O)[C@@H]2O)cc1. The van der Waals surface area contributed by atoms with Crippen LogP contribution < -0.4 is 16.0 Å². The number of rotatable bonds is 6. The summed E-state index contributed by atoms with van der Waals surface area (Å²) in [5.74, 6) is -0.262. The zero-order chi connectivity index (χ0) is 19.3.